The van der Waals surface area contributed by atoms with Crippen LogP contribution in [0.25, 0.3) is 0 Å². The minimum atomic E-state index is -0.0934. The molecule has 150 valence electrons. The van der Waals surface area contributed by atoms with E-state index in [0.717, 1.165) is 17.1 Å². The first kappa shape index (κ1) is 21.3. The molecule has 0 atom stereocenters. The Labute approximate surface area is 181 Å². The van der Waals surface area contributed by atoms with Crippen molar-refractivity contribution >= 4 is 29.3 Å². The summed E-state index contributed by atoms with van der Waals surface area (Å²) in [7, 11) is 0. The average Bonchev–Trinajstić information content (AvgIpc) is 2.74. The Bertz CT molecular complexity index is 944. The zero-order valence-corrected chi connectivity index (χ0v) is 17.9. The molecule has 3 rings (SSSR count). The minimum Gasteiger partial charge on any atom is -0.489 e. The molecule has 0 bridgehead atoms. The SMILES string of the molecule is Cc1ccc(CSCCNC(=O)c2cccc(OCc3ccccc3Cl)c2)cc1. The Morgan fingerprint density at radius 1 is 1.03 bits per heavy atom. The van der Waals surface area contributed by atoms with Gasteiger partial charge in [-0.15, -0.1) is 0 Å². The molecule has 0 aliphatic rings. The molecule has 0 unspecified atom stereocenters. The predicted molar refractivity (Wildman–Crippen MR) is 122 cm³/mol. The van der Waals surface area contributed by atoms with Crippen LogP contribution in [0.2, 0.25) is 5.02 Å². The summed E-state index contributed by atoms with van der Waals surface area (Å²) in [6.07, 6.45) is 0. The van der Waals surface area contributed by atoms with Gasteiger partial charge in [0.25, 0.3) is 5.91 Å². The maximum atomic E-state index is 12.4. The molecule has 0 radical (unpaired) electrons. The van der Waals surface area contributed by atoms with Gasteiger partial charge in [-0.2, -0.15) is 11.8 Å². The molecule has 0 fully saturated rings. The number of hydrogen-bond donors (Lipinski definition) is 1. The number of carbonyl (C=O) groups is 1. The molecule has 3 nitrogen and oxygen atoms in total. The summed E-state index contributed by atoms with van der Waals surface area (Å²) in [4.78, 5) is 12.4. The summed E-state index contributed by atoms with van der Waals surface area (Å²) in [5.74, 6) is 2.36. The third kappa shape index (κ3) is 6.84. The van der Waals surface area contributed by atoms with Crippen molar-refractivity contribution in [1.29, 1.82) is 0 Å². The van der Waals surface area contributed by atoms with Crippen molar-refractivity contribution in [3.05, 3.63) is 100 Å². The average molecular weight is 426 g/mol. The van der Waals surface area contributed by atoms with Gasteiger partial charge >= 0.3 is 0 Å². The predicted octanol–water partition coefficient (Wildman–Crippen LogP) is 5.89. The quantitative estimate of drug-likeness (QED) is 0.434. The largest absolute Gasteiger partial charge is 0.489 e. The van der Waals surface area contributed by atoms with Crippen LogP contribution in [0.5, 0.6) is 5.75 Å². The summed E-state index contributed by atoms with van der Waals surface area (Å²) >= 11 is 7.96. The molecule has 0 saturated carbocycles. The second kappa shape index (κ2) is 10.9. The van der Waals surface area contributed by atoms with Crippen molar-refractivity contribution in [2.24, 2.45) is 0 Å². The van der Waals surface area contributed by atoms with Crippen molar-refractivity contribution in [1.82, 2.24) is 5.32 Å². The number of nitrogens with one attached hydrogen (secondary N) is 1. The van der Waals surface area contributed by atoms with Crippen molar-refractivity contribution in [2.45, 2.75) is 19.3 Å². The van der Waals surface area contributed by atoms with E-state index in [4.69, 9.17) is 16.3 Å². The molecular weight excluding hydrogens is 402 g/mol. The fourth-order valence-electron chi connectivity index (χ4n) is 2.72. The van der Waals surface area contributed by atoms with Gasteiger partial charge in [-0.05, 0) is 36.8 Å². The van der Waals surface area contributed by atoms with E-state index in [2.05, 4.69) is 36.5 Å². The topological polar surface area (TPSA) is 38.3 Å². The van der Waals surface area contributed by atoms with Crippen LogP contribution in [0.1, 0.15) is 27.0 Å². The lowest BCUT2D eigenvalue weighted by molar-refractivity contribution is 0.0955. The standard InChI is InChI=1S/C24H24ClNO2S/c1-18-9-11-19(12-10-18)17-29-14-13-26-24(27)20-6-4-7-22(15-20)28-16-21-5-2-3-8-23(21)25/h2-12,15H,13-14,16-17H2,1H3,(H,26,27). The summed E-state index contributed by atoms with van der Waals surface area (Å²) in [6.45, 7) is 3.07. The van der Waals surface area contributed by atoms with Gasteiger partial charge in [0, 0.05) is 34.2 Å². The lowest BCUT2D eigenvalue weighted by Crippen LogP contribution is -2.25. The van der Waals surface area contributed by atoms with Crippen LogP contribution in [-0.2, 0) is 12.4 Å². The van der Waals surface area contributed by atoms with E-state index in [-0.39, 0.29) is 5.91 Å². The second-order valence-electron chi connectivity index (χ2n) is 6.70. The molecule has 0 aliphatic heterocycles. The van der Waals surface area contributed by atoms with Gasteiger partial charge in [-0.25, -0.2) is 0 Å². The number of hydrogen-bond acceptors (Lipinski definition) is 3. The van der Waals surface area contributed by atoms with Crippen molar-refractivity contribution in [3.63, 3.8) is 0 Å². The van der Waals surface area contributed by atoms with Gasteiger partial charge in [0.05, 0.1) is 0 Å². The van der Waals surface area contributed by atoms with Gasteiger partial charge in [0.15, 0.2) is 0 Å². The Morgan fingerprint density at radius 3 is 2.62 bits per heavy atom. The number of halogens is 1. The van der Waals surface area contributed by atoms with E-state index in [1.165, 1.54) is 11.1 Å². The second-order valence-corrected chi connectivity index (χ2v) is 8.21. The number of rotatable bonds is 9. The lowest BCUT2D eigenvalue weighted by atomic mass is 10.2. The van der Waals surface area contributed by atoms with E-state index in [1.54, 1.807) is 12.1 Å². The third-order valence-electron chi connectivity index (χ3n) is 4.37. The van der Waals surface area contributed by atoms with Crippen LogP contribution in [0.3, 0.4) is 0 Å². The maximum Gasteiger partial charge on any atom is 0.251 e. The van der Waals surface area contributed by atoms with Gasteiger partial charge in [0.2, 0.25) is 0 Å². The Balaban J connectivity index is 1.43. The van der Waals surface area contributed by atoms with Crippen LogP contribution < -0.4 is 10.1 Å². The molecular formula is C24H24ClNO2S. The van der Waals surface area contributed by atoms with Crippen LogP contribution >= 0.6 is 23.4 Å². The first-order chi connectivity index (χ1) is 14.1. The Kier molecular flexibility index (Phi) is 8.03. The highest BCUT2D eigenvalue weighted by Crippen LogP contribution is 2.19. The minimum absolute atomic E-state index is 0.0934. The Hall–Kier alpha value is -2.43. The fraction of sp³-hybridized carbons (Fsp3) is 0.208. The molecule has 1 N–H and O–H groups in total. The molecule has 0 saturated heterocycles. The van der Waals surface area contributed by atoms with Crippen LogP contribution in [-0.4, -0.2) is 18.2 Å². The molecule has 0 aromatic heterocycles. The monoisotopic (exact) mass is 425 g/mol. The highest BCUT2D eigenvalue weighted by Gasteiger charge is 2.07. The maximum absolute atomic E-state index is 12.4. The number of benzene rings is 3. The molecule has 0 heterocycles. The number of ether oxygens (including phenoxy) is 1. The molecule has 3 aromatic carbocycles. The van der Waals surface area contributed by atoms with Crippen LogP contribution in [0, 0.1) is 6.92 Å². The summed E-state index contributed by atoms with van der Waals surface area (Å²) in [5, 5.41) is 3.64. The van der Waals surface area contributed by atoms with Crippen molar-refractivity contribution in [2.75, 3.05) is 12.3 Å². The molecule has 0 aliphatic carbocycles. The van der Waals surface area contributed by atoms with Gasteiger partial charge < -0.3 is 10.1 Å². The number of aryl methyl sites for hydroxylation is 1. The summed E-state index contributed by atoms with van der Waals surface area (Å²) in [5.41, 5.74) is 4.07. The fourth-order valence-corrected chi connectivity index (χ4v) is 3.73. The van der Waals surface area contributed by atoms with E-state index in [1.807, 2.05) is 48.2 Å². The van der Waals surface area contributed by atoms with Gasteiger partial charge in [0.1, 0.15) is 12.4 Å². The van der Waals surface area contributed by atoms with Gasteiger partial charge in [-0.1, -0.05) is 65.7 Å². The number of amides is 1. The number of carbonyl (C=O) groups excluding carboxylic acids is 1. The third-order valence-corrected chi connectivity index (χ3v) is 5.77. The van der Waals surface area contributed by atoms with E-state index >= 15 is 0 Å². The van der Waals surface area contributed by atoms with E-state index < -0.39 is 0 Å². The molecule has 5 heteroatoms. The highest BCUT2D eigenvalue weighted by molar-refractivity contribution is 7.98. The van der Waals surface area contributed by atoms with Crippen molar-refractivity contribution in [3.8, 4) is 5.75 Å². The van der Waals surface area contributed by atoms with Crippen LogP contribution in [0.4, 0.5) is 0 Å². The Morgan fingerprint density at radius 2 is 1.83 bits per heavy atom. The van der Waals surface area contributed by atoms with Crippen LogP contribution in [0.15, 0.2) is 72.8 Å². The smallest absolute Gasteiger partial charge is 0.251 e. The number of thioether (sulfide) groups is 1. The molecule has 3 aromatic rings. The highest BCUT2D eigenvalue weighted by atomic mass is 35.5. The molecule has 1 amide bonds. The normalized spacial score (nSPS) is 10.6. The van der Waals surface area contributed by atoms with Crippen molar-refractivity contribution < 1.29 is 9.53 Å². The van der Waals surface area contributed by atoms with E-state index in [0.29, 0.717) is 29.5 Å². The van der Waals surface area contributed by atoms with E-state index in [9.17, 15) is 4.79 Å². The first-order valence-electron chi connectivity index (χ1n) is 9.49. The first-order valence-corrected chi connectivity index (χ1v) is 11.0. The zero-order chi connectivity index (χ0) is 20.5. The van der Waals surface area contributed by atoms with Gasteiger partial charge in [-0.3, -0.25) is 4.79 Å². The molecule has 29 heavy (non-hydrogen) atoms. The molecule has 0 spiro atoms. The zero-order valence-electron chi connectivity index (χ0n) is 16.4. The summed E-state index contributed by atoms with van der Waals surface area (Å²) in [6, 6.07) is 23.3. The summed E-state index contributed by atoms with van der Waals surface area (Å²) < 4.78 is 5.80. The lowest BCUT2D eigenvalue weighted by Gasteiger charge is -2.10.